The topological polar surface area (TPSA) is 35.5 Å². The van der Waals surface area contributed by atoms with Gasteiger partial charge in [0.2, 0.25) is 0 Å². The number of hydrogen-bond acceptors (Lipinski definition) is 3. The van der Waals surface area contributed by atoms with Crippen LogP contribution in [0.1, 0.15) is 11.1 Å². The minimum Gasteiger partial charge on any atom is -0.429 e. The molecule has 98 valence electrons. The highest BCUT2D eigenvalue weighted by molar-refractivity contribution is 6.30. The van der Waals surface area contributed by atoms with Crippen molar-refractivity contribution in [2.45, 2.75) is 13.2 Å². The van der Waals surface area contributed by atoms with Gasteiger partial charge in [0.15, 0.2) is 0 Å². The molecule has 0 heterocycles. The average Bonchev–Trinajstić information content (AvgIpc) is 2.45. The maximum atomic E-state index is 11.4. The first-order valence-corrected chi connectivity index (χ1v) is 6.20. The van der Waals surface area contributed by atoms with Gasteiger partial charge in [0, 0.05) is 5.02 Å². The summed E-state index contributed by atoms with van der Waals surface area (Å²) in [5.41, 5.74) is 1.78. The molecule has 0 aliphatic carbocycles. The largest absolute Gasteiger partial charge is 0.508 e. The van der Waals surface area contributed by atoms with Crippen molar-refractivity contribution in [1.82, 2.24) is 0 Å². The number of benzene rings is 2. The first-order valence-electron chi connectivity index (χ1n) is 5.82. The van der Waals surface area contributed by atoms with Gasteiger partial charge in [-0.05, 0) is 23.3 Å². The van der Waals surface area contributed by atoms with E-state index in [0.29, 0.717) is 5.02 Å². The van der Waals surface area contributed by atoms with E-state index < -0.39 is 6.16 Å². The summed E-state index contributed by atoms with van der Waals surface area (Å²) in [6, 6.07) is 16.5. The van der Waals surface area contributed by atoms with Gasteiger partial charge in [-0.1, -0.05) is 54.1 Å². The zero-order valence-electron chi connectivity index (χ0n) is 10.2. The van der Waals surface area contributed by atoms with Crippen LogP contribution >= 0.6 is 11.6 Å². The van der Waals surface area contributed by atoms with Gasteiger partial charge >= 0.3 is 6.16 Å². The number of hydrogen-bond donors (Lipinski definition) is 0. The summed E-state index contributed by atoms with van der Waals surface area (Å²) in [5.74, 6) is 0. The molecule has 0 atom stereocenters. The summed E-state index contributed by atoms with van der Waals surface area (Å²) in [5, 5.41) is 0.649. The van der Waals surface area contributed by atoms with Crippen LogP contribution in [0.5, 0.6) is 0 Å². The third kappa shape index (κ3) is 4.64. The van der Waals surface area contributed by atoms with Crippen LogP contribution < -0.4 is 0 Å². The van der Waals surface area contributed by atoms with E-state index in [0.717, 1.165) is 11.1 Å². The van der Waals surface area contributed by atoms with E-state index in [-0.39, 0.29) is 13.2 Å². The smallest absolute Gasteiger partial charge is 0.429 e. The van der Waals surface area contributed by atoms with Gasteiger partial charge in [-0.25, -0.2) is 4.79 Å². The molecule has 0 fully saturated rings. The van der Waals surface area contributed by atoms with Crippen molar-refractivity contribution in [3.63, 3.8) is 0 Å². The molecular formula is C15H13ClO3. The second kappa shape index (κ2) is 6.81. The molecule has 0 spiro atoms. The van der Waals surface area contributed by atoms with Crippen LogP contribution in [0.25, 0.3) is 0 Å². The Balaban J connectivity index is 1.74. The molecule has 0 aliphatic heterocycles. The van der Waals surface area contributed by atoms with Crippen molar-refractivity contribution in [2.75, 3.05) is 0 Å². The standard InChI is InChI=1S/C15H13ClO3/c16-14-8-6-13(7-9-14)11-19-15(17)18-10-12-4-2-1-3-5-12/h1-9H,10-11H2. The molecule has 0 saturated heterocycles. The Morgan fingerprint density at radius 3 is 1.95 bits per heavy atom. The van der Waals surface area contributed by atoms with Crippen molar-refractivity contribution in [2.24, 2.45) is 0 Å². The van der Waals surface area contributed by atoms with Gasteiger partial charge < -0.3 is 9.47 Å². The highest BCUT2D eigenvalue weighted by Gasteiger charge is 2.04. The number of carbonyl (C=O) groups is 1. The first kappa shape index (κ1) is 13.4. The third-order valence-electron chi connectivity index (χ3n) is 2.47. The van der Waals surface area contributed by atoms with Crippen LogP contribution in [0, 0.1) is 0 Å². The summed E-state index contributed by atoms with van der Waals surface area (Å²) in [6.07, 6.45) is -0.682. The summed E-state index contributed by atoms with van der Waals surface area (Å²) in [4.78, 5) is 11.4. The normalized spacial score (nSPS) is 9.95. The predicted octanol–water partition coefficient (Wildman–Crippen LogP) is 4.19. The first-order chi connectivity index (χ1) is 9.24. The van der Waals surface area contributed by atoms with E-state index in [1.807, 2.05) is 30.3 Å². The maximum absolute atomic E-state index is 11.4. The second-order valence-corrected chi connectivity index (χ2v) is 4.38. The fourth-order valence-electron chi connectivity index (χ4n) is 1.48. The number of ether oxygens (including phenoxy) is 2. The minimum absolute atomic E-state index is 0.171. The molecule has 2 aromatic carbocycles. The molecule has 0 unspecified atom stereocenters. The monoisotopic (exact) mass is 276 g/mol. The number of carbonyl (C=O) groups excluding carboxylic acids is 1. The van der Waals surface area contributed by atoms with E-state index in [9.17, 15) is 4.79 Å². The fourth-order valence-corrected chi connectivity index (χ4v) is 1.61. The Labute approximate surface area is 116 Å². The summed E-state index contributed by atoms with van der Waals surface area (Å²) in [6.45, 7) is 0.380. The van der Waals surface area contributed by atoms with Crippen LogP contribution in [0.15, 0.2) is 54.6 Å². The molecule has 0 amide bonds. The summed E-state index contributed by atoms with van der Waals surface area (Å²) < 4.78 is 9.97. The van der Waals surface area contributed by atoms with Crippen molar-refractivity contribution in [3.05, 3.63) is 70.7 Å². The Bertz CT molecular complexity index is 523. The van der Waals surface area contributed by atoms with Crippen molar-refractivity contribution < 1.29 is 14.3 Å². The van der Waals surface area contributed by atoms with Gasteiger partial charge in [0.25, 0.3) is 0 Å². The number of rotatable bonds is 4. The van der Waals surface area contributed by atoms with Gasteiger partial charge in [0.1, 0.15) is 13.2 Å². The molecule has 0 saturated carbocycles. The van der Waals surface area contributed by atoms with Crippen molar-refractivity contribution >= 4 is 17.8 Å². The zero-order chi connectivity index (χ0) is 13.5. The van der Waals surface area contributed by atoms with Gasteiger partial charge in [-0.2, -0.15) is 0 Å². The molecule has 2 rings (SSSR count). The maximum Gasteiger partial charge on any atom is 0.508 e. The highest BCUT2D eigenvalue weighted by atomic mass is 35.5. The lowest BCUT2D eigenvalue weighted by Crippen LogP contribution is -2.07. The molecule has 3 nitrogen and oxygen atoms in total. The van der Waals surface area contributed by atoms with Gasteiger partial charge in [-0.3, -0.25) is 0 Å². The fraction of sp³-hybridized carbons (Fsp3) is 0.133. The third-order valence-corrected chi connectivity index (χ3v) is 2.72. The molecule has 0 radical (unpaired) electrons. The van der Waals surface area contributed by atoms with E-state index in [1.54, 1.807) is 24.3 Å². The second-order valence-electron chi connectivity index (χ2n) is 3.94. The van der Waals surface area contributed by atoms with Gasteiger partial charge in [-0.15, -0.1) is 0 Å². The lowest BCUT2D eigenvalue weighted by Gasteiger charge is -2.06. The SMILES string of the molecule is O=C(OCc1ccccc1)OCc1ccc(Cl)cc1. The van der Waals surface area contributed by atoms with Crippen LogP contribution in [-0.2, 0) is 22.7 Å². The summed E-state index contributed by atoms with van der Waals surface area (Å²) in [7, 11) is 0. The van der Waals surface area contributed by atoms with Crippen molar-refractivity contribution in [3.8, 4) is 0 Å². The van der Waals surface area contributed by atoms with E-state index in [1.165, 1.54) is 0 Å². The molecule has 2 aromatic rings. The van der Waals surface area contributed by atoms with Crippen LogP contribution in [0.4, 0.5) is 4.79 Å². The minimum atomic E-state index is -0.682. The highest BCUT2D eigenvalue weighted by Crippen LogP contribution is 2.10. The lowest BCUT2D eigenvalue weighted by molar-refractivity contribution is 0.0446. The van der Waals surface area contributed by atoms with Gasteiger partial charge in [0.05, 0.1) is 0 Å². The van der Waals surface area contributed by atoms with Crippen LogP contribution in [-0.4, -0.2) is 6.16 Å². The lowest BCUT2D eigenvalue weighted by atomic mass is 10.2. The molecule has 0 aromatic heterocycles. The summed E-state index contributed by atoms with van der Waals surface area (Å²) >= 11 is 5.76. The molecule has 19 heavy (non-hydrogen) atoms. The van der Waals surface area contributed by atoms with Crippen LogP contribution in [0.2, 0.25) is 5.02 Å². The quantitative estimate of drug-likeness (QED) is 0.786. The number of halogens is 1. The zero-order valence-corrected chi connectivity index (χ0v) is 11.0. The molecular weight excluding hydrogens is 264 g/mol. The van der Waals surface area contributed by atoms with Crippen LogP contribution in [0.3, 0.4) is 0 Å². The van der Waals surface area contributed by atoms with E-state index in [4.69, 9.17) is 21.1 Å². The molecule has 4 heteroatoms. The van der Waals surface area contributed by atoms with E-state index >= 15 is 0 Å². The Morgan fingerprint density at radius 2 is 1.37 bits per heavy atom. The Morgan fingerprint density at radius 1 is 0.842 bits per heavy atom. The van der Waals surface area contributed by atoms with E-state index in [2.05, 4.69) is 0 Å². The molecule has 0 N–H and O–H groups in total. The molecule has 0 aliphatic rings. The Hall–Kier alpha value is -2.00. The molecule has 0 bridgehead atoms. The predicted molar refractivity (Wildman–Crippen MR) is 72.9 cm³/mol. The van der Waals surface area contributed by atoms with Crippen molar-refractivity contribution in [1.29, 1.82) is 0 Å². The average molecular weight is 277 g/mol. The Kier molecular flexibility index (Phi) is 4.81.